The van der Waals surface area contributed by atoms with Gasteiger partial charge in [0, 0.05) is 0 Å². The van der Waals surface area contributed by atoms with Gasteiger partial charge in [-0.3, -0.25) is 0 Å². The first-order valence-corrected chi connectivity index (χ1v) is 6.26. The molecule has 0 fully saturated rings. The summed E-state index contributed by atoms with van der Waals surface area (Å²) in [6, 6.07) is 8.48. The molecule has 0 atom stereocenters. The van der Waals surface area contributed by atoms with Gasteiger partial charge < -0.3 is 0 Å². The minimum absolute atomic E-state index is 0.387. The third kappa shape index (κ3) is 1.65. The fourth-order valence-corrected chi connectivity index (χ4v) is 3.47. The monoisotopic (exact) mass is 256 g/mol. The lowest BCUT2D eigenvalue weighted by Crippen LogP contribution is -2.32. The Balaban J connectivity index is 2.27. The maximum atomic E-state index is 3.67. The second-order valence-electron chi connectivity index (χ2n) is 2.39. The van der Waals surface area contributed by atoms with Crippen LogP contribution in [0.4, 0.5) is 0 Å². The zero-order valence-corrected chi connectivity index (χ0v) is 9.45. The Hall–Kier alpha value is -0.0551. The first kappa shape index (κ1) is 8.54. The molecule has 0 saturated carbocycles. The summed E-state index contributed by atoms with van der Waals surface area (Å²) in [6.45, 7) is 0. The number of halogens is 1. The minimum atomic E-state index is 0.387. The van der Waals surface area contributed by atoms with Crippen LogP contribution in [0.1, 0.15) is 0 Å². The lowest BCUT2D eigenvalue weighted by atomic mass is 9.74. The Labute approximate surface area is 88.3 Å². The van der Waals surface area contributed by atoms with Crippen molar-refractivity contribution in [3.8, 4) is 0 Å². The van der Waals surface area contributed by atoms with Crippen LogP contribution in [0.2, 0.25) is 0 Å². The van der Waals surface area contributed by atoms with Gasteiger partial charge in [0.1, 0.15) is 0 Å². The second kappa shape index (κ2) is 3.77. The number of hydrogen-bond acceptors (Lipinski definition) is 2. The van der Waals surface area contributed by atoms with Gasteiger partial charge in [0.2, 0.25) is 0 Å². The van der Waals surface area contributed by atoms with Gasteiger partial charge in [0.05, 0.1) is 0 Å². The molecule has 0 nitrogen and oxygen atoms in total. The largest absolute Gasteiger partial charge is 0.308 e. The van der Waals surface area contributed by atoms with E-state index >= 15 is 0 Å². The quantitative estimate of drug-likeness (QED) is 0.724. The smallest absolute Gasteiger partial charge is 0.157 e. The average Bonchev–Trinajstić information content (AvgIpc) is 2.77. The summed E-state index contributed by atoms with van der Waals surface area (Å²) >= 11 is 7.25. The lowest BCUT2D eigenvalue weighted by Gasteiger charge is -1.98. The van der Waals surface area contributed by atoms with Crippen molar-refractivity contribution >= 4 is 53.5 Å². The Morgan fingerprint density at radius 2 is 1.50 bits per heavy atom. The molecule has 2 aromatic rings. The molecule has 0 N–H and O–H groups in total. The molecule has 4 heteroatoms. The molecule has 0 radical (unpaired) electrons. The molecule has 60 valence electrons. The molecule has 0 bridgehead atoms. The molecule has 0 aliphatic rings. The van der Waals surface area contributed by atoms with E-state index in [1.54, 1.807) is 22.7 Å². The molecule has 12 heavy (non-hydrogen) atoms. The van der Waals surface area contributed by atoms with E-state index in [0.717, 1.165) is 0 Å². The van der Waals surface area contributed by atoms with Crippen LogP contribution in [-0.4, -0.2) is 5.54 Å². The molecule has 0 aliphatic heterocycles. The topological polar surface area (TPSA) is 0 Å². The van der Waals surface area contributed by atoms with E-state index in [1.165, 1.54) is 9.55 Å². The highest BCUT2D eigenvalue weighted by molar-refractivity contribution is 9.25. The van der Waals surface area contributed by atoms with Crippen LogP contribution in [0, 0.1) is 0 Å². The highest BCUT2D eigenvalue weighted by atomic mass is 79.9. The molecule has 2 heterocycles. The third-order valence-electron chi connectivity index (χ3n) is 1.59. The molecule has 0 unspecified atom stereocenters. The van der Waals surface area contributed by atoms with Crippen LogP contribution in [0.5, 0.6) is 0 Å². The summed E-state index contributed by atoms with van der Waals surface area (Å²) in [4.78, 5) is 0. The van der Waals surface area contributed by atoms with Gasteiger partial charge >= 0.3 is 5.54 Å². The summed E-state index contributed by atoms with van der Waals surface area (Å²) in [5, 5.41) is 4.22. The SMILES string of the molecule is BrB(c1cccs1)c1cccs1. The zero-order chi connectivity index (χ0) is 8.39. The van der Waals surface area contributed by atoms with Crippen molar-refractivity contribution in [3.63, 3.8) is 0 Å². The van der Waals surface area contributed by atoms with Gasteiger partial charge in [-0.2, -0.15) is 22.7 Å². The maximum absolute atomic E-state index is 3.67. The van der Waals surface area contributed by atoms with Gasteiger partial charge in [-0.1, -0.05) is 24.3 Å². The van der Waals surface area contributed by atoms with Gasteiger partial charge in [-0.05, 0) is 20.3 Å². The van der Waals surface area contributed by atoms with Crippen molar-refractivity contribution in [2.24, 2.45) is 0 Å². The van der Waals surface area contributed by atoms with Crippen molar-refractivity contribution < 1.29 is 0 Å². The first-order valence-electron chi connectivity index (χ1n) is 3.59. The van der Waals surface area contributed by atoms with Crippen molar-refractivity contribution in [1.29, 1.82) is 0 Å². The summed E-state index contributed by atoms with van der Waals surface area (Å²) in [6.07, 6.45) is 0. The number of hydrogen-bond donors (Lipinski definition) is 0. The van der Waals surface area contributed by atoms with Crippen molar-refractivity contribution in [3.05, 3.63) is 35.0 Å². The molecule has 0 aromatic carbocycles. The van der Waals surface area contributed by atoms with Gasteiger partial charge in [-0.25, -0.2) is 0 Å². The second-order valence-corrected chi connectivity index (χ2v) is 5.27. The van der Waals surface area contributed by atoms with Crippen LogP contribution >= 0.6 is 38.4 Å². The predicted octanol–water partition coefficient (Wildman–Crippen LogP) is 2.31. The van der Waals surface area contributed by atoms with Crippen molar-refractivity contribution in [2.75, 3.05) is 0 Å². The van der Waals surface area contributed by atoms with E-state index in [4.69, 9.17) is 0 Å². The summed E-state index contributed by atoms with van der Waals surface area (Å²) in [7, 11) is 0. The van der Waals surface area contributed by atoms with Gasteiger partial charge in [0.25, 0.3) is 0 Å². The van der Waals surface area contributed by atoms with Crippen LogP contribution in [0.3, 0.4) is 0 Å². The summed E-state index contributed by atoms with van der Waals surface area (Å²) in [5.74, 6) is 0. The number of thiophene rings is 2. The molecular formula is C8H6BBrS2. The van der Waals surface area contributed by atoms with Crippen LogP contribution < -0.4 is 9.55 Å². The summed E-state index contributed by atoms with van der Waals surface area (Å²) in [5.41, 5.74) is 0.387. The van der Waals surface area contributed by atoms with E-state index in [-0.39, 0.29) is 0 Å². The molecule has 0 amide bonds. The van der Waals surface area contributed by atoms with E-state index in [0.29, 0.717) is 5.54 Å². The highest BCUT2D eigenvalue weighted by Gasteiger charge is 2.16. The maximum Gasteiger partial charge on any atom is 0.308 e. The van der Waals surface area contributed by atoms with Crippen molar-refractivity contribution in [2.45, 2.75) is 0 Å². The first-order chi connectivity index (χ1) is 5.88. The Bertz CT molecular complexity index is 294. The van der Waals surface area contributed by atoms with E-state index in [2.05, 4.69) is 50.8 Å². The van der Waals surface area contributed by atoms with Crippen LogP contribution in [0.15, 0.2) is 35.0 Å². The fourth-order valence-electron chi connectivity index (χ4n) is 1.01. The molecule has 0 aliphatic carbocycles. The Morgan fingerprint density at radius 1 is 1.00 bits per heavy atom. The normalized spacial score (nSPS) is 10.1. The van der Waals surface area contributed by atoms with Crippen LogP contribution in [-0.2, 0) is 0 Å². The molecule has 2 rings (SSSR count). The minimum Gasteiger partial charge on any atom is -0.157 e. The van der Waals surface area contributed by atoms with Gasteiger partial charge in [0.15, 0.2) is 0 Å². The van der Waals surface area contributed by atoms with Crippen LogP contribution in [0.25, 0.3) is 0 Å². The van der Waals surface area contributed by atoms with Gasteiger partial charge in [-0.15, -0.1) is 15.8 Å². The summed E-state index contributed by atoms with van der Waals surface area (Å²) < 4.78 is 2.75. The highest BCUT2D eigenvalue weighted by Crippen LogP contribution is 2.06. The third-order valence-corrected chi connectivity index (χ3v) is 5.05. The van der Waals surface area contributed by atoms with E-state index in [9.17, 15) is 0 Å². The Kier molecular flexibility index (Phi) is 2.68. The fraction of sp³-hybridized carbons (Fsp3) is 0. The molecule has 0 saturated heterocycles. The average molecular weight is 257 g/mol. The molecule has 0 spiro atoms. The predicted molar refractivity (Wildman–Crippen MR) is 62.6 cm³/mol. The molecule has 2 aromatic heterocycles. The van der Waals surface area contributed by atoms with Crippen molar-refractivity contribution in [1.82, 2.24) is 0 Å². The number of rotatable bonds is 2. The van der Waals surface area contributed by atoms with E-state index < -0.39 is 0 Å². The van der Waals surface area contributed by atoms with E-state index in [1.807, 2.05) is 0 Å². The zero-order valence-electron chi connectivity index (χ0n) is 6.24. The molecular weight excluding hydrogens is 251 g/mol. The lowest BCUT2D eigenvalue weighted by molar-refractivity contribution is 2.05. The standard InChI is InChI=1S/C8H6BBrS2/c10-9(7-3-1-5-11-7)8-4-2-6-12-8/h1-6H. The Morgan fingerprint density at radius 3 is 1.83 bits per heavy atom.